The van der Waals surface area contributed by atoms with Crippen LogP contribution in [0.3, 0.4) is 0 Å². The zero-order chi connectivity index (χ0) is 18.9. The Balaban J connectivity index is 1.18. The number of amides is 1. The Hall–Kier alpha value is -1.84. The molecule has 0 unspecified atom stereocenters. The molecule has 4 nitrogen and oxygen atoms in total. The lowest BCUT2D eigenvalue weighted by atomic mass is 9.49. The van der Waals surface area contributed by atoms with E-state index in [-0.39, 0.29) is 5.41 Å². The van der Waals surface area contributed by atoms with E-state index >= 15 is 0 Å². The Kier molecular flexibility index (Phi) is 3.70. The summed E-state index contributed by atoms with van der Waals surface area (Å²) < 4.78 is 2.35. The molecular formula is C24H31N3O. The second kappa shape index (κ2) is 6.08. The quantitative estimate of drug-likeness (QED) is 0.759. The first kappa shape index (κ1) is 17.1. The van der Waals surface area contributed by atoms with Crippen molar-refractivity contribution in [2.45, 2.75) is 64.3 Å². The molecule has 4 heteroatoms. The molecule has 148 valence electrons. The molecule has 0 spiro atoms. The predicted octanol–water partition coefficient (Wildman–Crippen LogP) is 4.72. The number of imidazole rings is 1. The van der Waals surface area contributed by atoms with Crippen LogP contribution in [0.4, 0.5) is 0 Å². The number of piperidine rings is 1. The van der Waals surface area contributed by atoms with E-state index in [0.717, 1.165) is 49.2 Å². The van der Waals surface area contributed by atoms with Gasteiger partial charge in [-0.05, 0) is 93.7 Å². The van der Waals surface area contributed by atoms with Crippen LogP contribution in [0.5, 0.6) is 0 Å². The summed E-state index contributed by atoms with van der Waals surface area (Å²) in [4.78, 5) is 20.4. The van der Waals surface area contributed by atoms with E-state index in [0.29, 0.717) is 11.9 Å². The van der Waals surface area contributed by atoms with Crippen LogP contribution in [0.15, 0.2) is 24.5 Å². The first-order chi connectivity index (χ1) is 13.6. The van der Waals surface area contributed by atoms with Crippen molar-refractivity contribution >= 4 is 16.9 Å². The molecule has 4 aliphatic carbocycles. The highest BCUT2D eigenvalue weighted by molar-refractivity contribution is 5.83. The van der Waals surface area contributed by atoms with Crippen molar-refractivity contribution < 1.29 is 4.79 Å². The Morgan fingerprint density at radius 2 is 1.68 bits per heavy atom. The molecule has 4 saturated carbocycles. The summed E-state index contributed by atoms with van der Waals surface area (Å²) in [5, 5.41) is 0. The molecule has 5 aliphatic rings. The van der Waals surface area contributed by atoms with Crippen LogP contribution in [-0.2, 0) is 4.79 Å². The van der Waals surface area contributed by atoms with Gasteiger partial charge in [-0.2, -0.15) is 0 Å². The molecule has 1 amide bonds. The third-order valence-corrected chi connectivity index (χ3v) is 8.37. The molecule has 2 aromatic rings. The monoisotopic (exact) mass is 377 g/mol. The number of likely N-dealkylation sites (tertiary alicyclic amines) is 1. The van der Waals surface area contributed by atoms with Gasteiger partial charge in [0.05, 0.1) is 22.8 Å². The number of fused-ring (bicyclic) bond motifs is 1. The zero-order valence-corrected chi connectivity index (χ0v) is 16.9. The number of carbonyl (C=O) groups is 1. The number of carbonyl (C=O) groups excluding carboxylic acids is 1. The second-order valence-corrected chi connectivity index (χ2v) is 10.4. The van der Waals surface area contributed by atoms with E-state index < -0.39 is 0 Å². The van der Waals surface area contributed by atoms with E-state index in [9.17, 15) is 4.79 Å². The smallest absolute Gasteiger partial charge is 0.228 e. The van der Waals surface area contributed by atoms with Crippen LogP contribution in [0.2, 0.25) is 0 Å². The van der Waals surface area contributed by atoms with Crippen LogP contribution in [0.25, 0.3) is 11.0 Å². The van der Waals surface area contributed by atoms with Crippen LogP contribution >= 0.6 is 0 Å². The topological polar surface area (TPSA) is 38.1 Å². The second-order valence-electron chi connectivity index (χ2n) is 10.4. The number of benzene rings is 1. The van der Waals surface area contributed by atoms with Crippen molar-refractivity contribution in [2.24, 2.45) is 23.2 Å². The van der Waals surface area contributed by atoms with Gasteiger partial charge < -0.3 is 9.47 Å². The van der Waals surface area contributed by atoms with Crippen LogP contribution in [0.1, 0.15) is 63.0 Å². The molecule has 0 atom stereocenters. The van der Waals surface area contributed by atoms with Gasteiger partial charge in [0.2, 0.25) is 5.91 Å². The van der Waals surface area contributed by atoms with Crippen LogP contribution in [-0.4, -0.2) is 33.4 Å². The number of aromatic nitrogens is 2. The Morgan fingerprint density at radius 3 is 2.32 bits per heavy atom. The minimum absolute atomic E-state index is 0.0147. The van der Waals surface area contributed by atoms with Gasteiger partial charge in [-0.3, -0.25) is 4.79 Å². The molecule has 1 aliphatic heterocycles. The number of nitrogens with zero attached hydrogens (tertiary/aromatic N) is 3. The van der Waals surface area contributed by atoms with Gasteiger partial charge in [0.15, 0.2) is 0 Å². The Bertz CT molecular complexity index is 886. The van der Waals surface area contributed by atoms with Crippen molar-refractivity contribution in [2.75, 3.05) is 13.1 Å². The number of rotatable bonds is 2. The molecule has 4 bridgehead atoms. The van der Waals surface area contributed by atoms with Gasteiger partial charge in [-0.1, -0.05) is 6.07 Å². The van der Waals surface area contributed by atoms with Gasteiger partial charge in [0, 0.05) is 19.1 Å². The summed E-state index contributed by atoms with van der Waals surface area (Å²) in [6, 6.07) is 7.00. The van der Waals surface area contributed by atoms with Crippen LogP contribution < -0.4 is 0 Å². The lowest BCUT2D eigenvalue weighted by Crippen LogP contribution is -2.55. The first-order valence-electron chi connectivity index (χ1n) is 11.3. The van der Waals surface area contributed by atoms with Gasteiger partial charge in [0.25, 0.3) is 0 Å². The highest BCUT2D eigenvalue weighted by Crippen LogP contribution is 2.60. The lowest BCUT2D eigenvalue weighted by molar-refractivity contribution is -0.159. The van der Waals surface area contributed by atoms with Crippen LogP contribution in [0, 0.1) is 30.1 Å². The fourth-order valence-corrected chi connectivity index (χ4v) is 7.49. The molecule has 5 fully saturated rings. The molecule has 2 heterocycles. The summed E-state index contributed by atoms with van der Waals surface area (Å²) in [7, 11) is 0. The van der Waals surface area contributed by atoms with E-state index in [1.54, 1.807) is 0 Å². The molecule has 1 aromatic heterocycles. The van der Waals surface area contributed by atoms with Crippen molar-refractivity contribution in [3.05, 3.63) is 30.1 Å². The number of hydrogen-bond donors (Lipinski definition) is 0. The predicted molar refractivity (Wildman–Crippen MR) is 110 cm³/mol. The van der Waals surface area contributed by atoms with Crippen molar-refractivity contribution in [1.82, 2.24) is 14.5 Å². The summed E-state index contributed by atoms with van der Waals surface area (Å²) in [5.41, 5.74) is 3.60. The summed E-state index contributed by atoms with van der Waals surface area (Å²) in [6.45, 7) is 3.95. The number of aryl methyl sites for hydroxylation is 1. The molecule has 28 heavy (non-hydrogen) atoms. The van der Waals surface area contributed by atoms with E-state index in [2.05, 4.69) is 39.6 Å². The molecule has 1 aromatic carbocycles. The number of hydrogen-bond acceptors (Lipinski definition) is 2. The fraction of sp³-hybridized carbons (Fsp3) is 0.667. The third-order valence-electron chi connectivity index (χ3n) is 8.37. The molecular weight excluding hydrogens is 346 g/mol. The Morgan fingerprint density at radius 1 is 1.04 bits per heavy atom. The molecule has 0 radical (unpaired) electrons. The SMILES string of the molecule is Cc1ccc2c(c1)ncn2C1CCN(C(=O)C23CC4CC(CC(C4)C2)C3)CC1. The van der Waals surface area contributed by atoms with Gasteiger partial charge in [-0.25, -0.2) is 4.98 Å². The zero-order valence-electron chi connectivity index (χ0n) is 16.9. The van der Waals surface area contributed by atoms with Gasteiger partial charge >= 0.3 is 0 Å². The molecule has 1 saturated heterocycles. The van der Waals surface area contributed by atoms with E-state index in [1.807, 2.05) is 6.33 Å². The van der Waals surface area contributed by atoms with Gasteiger partial charge in [0.1, 0.15) is 0 Å². The largest absolute Gasteiger partial charge is 0.342 e. The highest BCUT2D eigenvalue weighted by atomic mass is 16.2. The molecule has 0 N–H and O–H groups in total. The van der Waals surface area contributed by atoms with E-state index in [1.165, 1.54) is 49.6 Å². The normalized spacial score (nSPS) is 35.0. The van der Waals surface area contributed by atoms with E-state index in [4.69, 9.17) is 0 Å². The third kappa shape index (κ3) is 2.56. The summed E-state index contributed by atoms with van der Waals surface area (Å²) in [6.07, 6.45) is 11.9. The molecule has 7 rings (SSSR count). The Labute approximate surface area is 167 Å². The maximum Gasteiger partial charge on any atom is 0.228 e. The standard InChI is InChI=1S/C24H31N3O/c1-16-2-3-22-21(8-16)25-15-27(22)20-4-6-26(7-5-20)23(28)24-12-17-9-18(13-24)11-19(10-17)14-24/h2-3,8,15,17-20H,4-7,9-14H2,1H3. The average Bonchev–Trinajstić information content (AvgIpc) is 3.09. The maximum atomic E-state index is 13.6. The lowest BCUT2D eigenvalue weighted by Gasteiger charge is -2.57. The fourth-order valence-electron chi connectivity index (χ4n) is 7.49. The summed E-state index contributed by atoms with van der Waals surface area (Å²) >= 11 is 0. The average molecular weight is 378 g/mol. The minimum atomic E-state index is 0.0147. The van der Waals surface area contributed by atoms with Gasteiger partial charge in [-0.15, -0.1) is 0 Å². The highest BCUT2D eigenvalue weighted by Gasteiger charge is 2.55. The summed E-state index contributed by atoms with van der Waals surface area (Å²) in [5.74, 6) is 3.03. The minimum Gasteiger partial charge on any atom is -0.342 e. The first-order valence-corrected chi connectivity index (χ1v) is 11.3. The van der Waals surface area contributed by atoms with Crippen molar-refractivity contribution in [1.29, 1.82) is 0 Å². The maximum absolute atomic E-state index is 13.6. The van der Waals surface area contributed by atoms with Crippen molar-refractivity contribution in [3.8, 4) is 0 Å². The van der Waals surface area contributed by atoms with Crippen molar-refractivity contribution in [3.63, 3.8) is 0 Å².